The largest absolute Gasteiger partial charge is 0.397 e. The normalized spacial score (nSPS) is 11.4. The van der Waals surface area contributed by atoms with Crippen LogP contribution in [0.4, 0.5) is 15.8 Å². The van der Waals surface area contributed by atoms with Crippen LogP contribution in [0.2, 0.25) is 0 Å². The van der Waals surface area contributed by atoms with Crippen LogP contribution in [0.5, 0.6) is 0 Å². The van der Waals surface area contributed by atoms with Crippen LogP contribution in [0, 0.1) is 5.82 Å². The molecular weight excluding hydrogens is 247 g/mol. The Morgan fingerprint density at radius 3 is 2.76 bits per heavy atom. The van der Waals surface area contributed by atoms with Crippen molar-refractivity contribution in [1.29, 1.82) is 0 Å². The second-order valence-electron chi connectivity index (χ2n) is 3.35. The molecule has 0 heterocycles. The van der Waals surface area contributed by atoms with Crippen LogP contribution in [0.1, 0.15) is 6.92 Å². The van der Waals surface area contributed by atoms with Crippen molar-refractivity contribution in [2.45, 2.75) is 6.92 Å². The van der Waals surface area contributed by atoms with Crippen LogP contribution < -0.4 is 10.5 Å². The average molecular weight is 262 g/mol. The van der Waals surface area contributed by atoms with E-state index in [4.69, 9.17) is 10.5 Å². The summed E-state index contributed by atoms with van der Waals surface area (Å²) in [7, 11) is -3.52. The van der Waals surface area contributed by atoms with Gasteiger partial charge in [-0.2, -0.15) is 0 Å². The second-order valence-corrected chi connectivity index (χ2v) is 5.19. The molecule has 0 radical (unpaired) electrons. The Balaban J connectivity index is 2.69. The number of nitrogens with two attached hydrogens (primary N) is 1. The first-order valence-corrected chi connectivity index (χ1v) is 6.73. The maximum Gasteiger partial charge on any atom is 0.235 e. The summed E-state index contributed by atoms with van der Waals surface area (Å²) < 4.78 is 43.1. The molecule has 0 bridgehead atoms. The molecule has 0 aliphatic carbocycles. The van der Waals surface area contributed by atoms with Crippen molar-refractivity contribution in [2.75, 3.05) is 29.4 Å². The Labute approximate surface area is 99.8 Å². The van der Waals surface area contributed by atoms with Gasteiger partial charge in [0.1, 0.15) is 5.82 Å². The quantitative estimate of drug-likeness (QED) is 0.596. The lowest BCUT2D eigenvalue weighted by Gasteiger charge is -2.10. The number of sulfonamides is 1. The lowest BCUT2D eigenvalue weighted by molar-refractivity contribution is 0.163. The number of nitrogens with one attached hydrogen (secondary N) is 1. The fraction of sp³-hybridized carbons (Fsp3) is 0.400. The fourth-order valence-electron chi connectivity index (χ4n) is 1.16. The van der Waals surface area contributed by atoms with Gasteiger partial charge in [-0.25, -0.2) is 12.8 Å². The summed E-state index contributed by atoms with van der Waals surface area (Å²) >= 11 is 0. The number of anilines is 2. The first kappa shape index (κ1) is 13.7. The Kier molecular flexibility index (Phi) is 4.71. The summed E-state index contributed by atoms with van der Waals surface area (Å²) in [5, 5.41) is 0. The highest BCUT2D eigenvalue weighted by atomic mass is 32.2. The van der Waals surface area contributed by atoms with Crippen LogP contribution in [0.3, 0.4) is 0 Å². The van der Waals surface area contributed by atoms with E-state index in [0.717, 1.165) is 12.1 Å². The Morgan fingerprint density at radius 1 is 1.47 bits per heavy atom. The number of hydrogen-bond acceptors (Lipinski definition) is 4. The van der Waals surface area contributed by atoms with Crippen molar-refractivity contribution >= 4 is 21.4 Å². The number of rotatable bonds is 6. The van der Waals surface area contributed by atoms with Crippen LogP contribution in [0.25, 0.3) is 0 Å². The third kappa shape index (κ3) is 4.58. The van der Waals surface area contributed by atoms with Gasteiger partial charge in [0.15, 0.2) is 0 Å². The summed E-state index contributed by atoms with van der Waals surface area (Å²) in [5.41, 5.74) is 5.70. The standard InChI is InChI=1S/C10H15FN2O3S/c1-2-16-5-6-17(14,15)13-10-4-3-8(11)7-9(10)12/h3-4,7,13H,2,5-6,12H2,1H3. The maximum absolute atomic E-state index is 12.8. The van der Waals surface area contributed by atoms with Gasteiger partial charge in [-0.15, -0.1) is 0 Å². The van der Waals surface area contributed by atoms with E-state index < -0.39 is 15.8 Å². The van der Waals surface area contributed by atoms with E-state index in [2.05, 4.69) is 4.72 Å². The first-order valence-electron chi connectivity index (χ1n) is 5.08. The van der Waals surface area contributed by atoms with E-state index >= 15 is 0 Å². The highest BCUT2D eigenvalue weighted by Crippen LogP contribution is 2.20. The van der Waals surface area contributed by atoms with Crippen molar-refractivity contribution in [2.24, 2.45) is 0 Å². The van der Waals surface area contributed by atoms with Crippen molar-refractivity contribution in [3.05, 3.63) is 24.0 Å². The van der Waals surface area contributed by atoms with Crippen LogP contribution >= 0.6 is 0 Å². The van der Waals surface area contributed by atoms with Crippen molar-refractivity contribution < 1.29 is 17.5 Å². The minimum atomic E-state index is -3.52. The first-order chi connectivity index (χ1) is 7.94. The van der Waals surface area contributed by atoms with Crippen LogP contribution in [-0.2, 0) is 14.8 Å². The third-order valence-electron chi connectivity index (χ3n) is 1.98. The zero-order chi connectivity index (χ0) is 12.9. The average Bonchev–Trinajstić information content (AvgIpc) is 2.22. The molecule has 0 amide bonds. The number of halogens is 1. The smallest absolute Gasteiger partial charge is 0.235 e. The summed E-state index contributed by atoms with van der Waals surface area (Å²) in [4.78, 5) is 0. The lowest BCUT2D eigenvalue weighted by atomic mass is 10.3. The molecule has 0 saturated carbocycles. The van der Waals surface area contributed by atoms with Gasteiger partial charge in [0.25, 0.3) is 0 Å². The molecule has 96 valence electrons. The van der Waals surface area contributed by atoms with E-state index in [0.29, 0.717) is 6.61 Å². The summed E-state index contributed by atoms with van der Waals surface area (Å²) in [6.07, 6.45) is 0. The molecule has 0 unspecified atom stereocenters. The van der Waals surface area contributed by atoms with Crippen LogP contribution in [-0.4, -0.2) is 27.4 Å². The molecule has 0 saturated heterocycles. The molecule has 3 N–H and O–H groups in total. The van der Waals surface area contributed by atoms with Crippen molar-refractivity contribution in [1.82, 2.24) is 0 Å². The predicted octanol–water partition coefficient (Wildman–Crippen LogP) is 1.19. The molecule has 1 rings (SSSR count). The molecule has 1 aromatic carbocycles. The van der Waals surface area contributed by atoms with Gasteiger partial charge in [-0.1, -0.05) is 0 Å². The van der Waals surface area contributed by atoms with E-state index in [1.165, 1.54) is 6.07 Å². The number of nitrogen functional groups attached to an aromatic ring is 1. The van der Waals surface area contributed by atoms with Gasteiger partial charge in [0, 0.05) is 6.61 Å². The molecule has 0 aliphatic rings. The Hall–Kier alpha value is -1.34. The van der Waals surface area contributed by atoms with Crippen molar-refractivity contribution in [3.8, 4) is 0 Å². The summed E-state index contributed by atoms with van der Waals surface area (Å²) in [6.45, 7) is 2.33. The highest BCUT2D eigenvalue weighted by Gasteiger charge is 2.12. The van der Waals surface area contributed by atoms with Crippen molar-refractivity contribution in [3.63, 3.8) is 0 Å². The molecule has 17 heavy (non-hydrogen) atoms. The molecule has 0 fully saturated rings. The predicted molar refractivity (Wildman–Crippen MR) is 64.7 cm³/mol. The maximum atomic E-state index is 12.8. The summed E-state index contributed by atoms with van der Waals surface area (Å²) in [5.74, 6) is -0.683. The molecule has 7 heteroatoms. The van der Waals surface area contributed by atoms with E-state index in [9.17, 15) is 12.8 Å². The molecule has 0 aliphatic heterocycles. The second kappa shape index (κ2) is 5.83. The molecule has 0 spiro atoms. The number of hydrogen-bond donors (Lipinski definition) is 2. The number of benzene rings is 1. The Morgan fingerprint density at radius 2 is 2.18 bits per heavy atom. The molecule has 0 aromatic heterocycles. The molecule has 0 atom stereocenters. The van der Waals surface area contributed by atoms with E-state index in [1.807, 2.05) is 0 Å². The molecular formula is C10H15FN2O3S. The zero-order valence-electron chi connectivity index (χ0n) is 9.44. The Bertz CT molecular complexity index is 476. The van der Waals surface area contributed by atoms with Gasteiger partial charge >= 0.3 is 0 Å². The minimum Gasteiger partial charge on any atom is -0.397 e. The third-order valence-corrected chi connectivity index (χ3v) is 3.21. The monoisotopic (exact) mass is 262 g/mol. The lowest BCUT2D eigenvalue weighted by Crippen LogP contribution is -2.20. The van der Waals surface area contributed by atoms with E-state index in [-0.39, 0.29) is 23.7 Å². The SMILES string of the molecule is CCOCCS(=O)(=O)Nc1ccc(F)cc1N. The minimum absolute atomic E-state index is 0.0463. The van der Waals surface area contributed by atoms with Gasteiger partial charge in [0.2, 0.25) is 10.0 Å². The van der Waals surface area contributed by atoms with Gasteiger partial charge in [-0.05, 0) is 25.1 Å². The highest BCUT2D eigenvalue weighted by molar-refractivity contribution is 7.92. The molecule has 1 aromatic rings. The zero-order valence-corrected chi connectivity index (χ0v) is 10.3. The van der Waals surface area contributed by atoms with Gasteiger partial charge in [0.05, 0.1) is 23.7 Å². The van der Waals surface area contributed by atoms with E-state index in [1.54, 1.807) is 6.92 Å². The number of ether oxygens (including phenoxy) is 1. The summed E-state index contributed by atoms with van der Waals surface area (Å²) in [6, 6.07) is 3.47. The van der Waals surface area contributed by atoms with Crippen LogP contribution in [0.15, 0.2) is 18.2 Å². The topological polar surface area (TPSA) is 81.4 Å². The molecule has 5 nitrogen and oxygen atoms in total. The fourth-order valence-corrected chi connectivity index (χ4v) is 2.12. The van der Waals surface area contributed by atoms with Gasteiger partial charge < -0.3 is 10.5 Å². The van der Waals surface area contributed by atoms with Gasteiger partial charge in [-0.3, -0.25) is 4.72 Å².